The third-order valence-corrected chi connectivity index (χ3v) is 4.17. The first-order valence-electron chi connectivity index (χ1n) is 6.25. The molecule has 1 unspecified atom stereocenters. The summed E-state index contributed by atoms with van der Waals surface area (Å²) in [6.45, 7) is 1.18. The van der Waals surface area contributed by atoms with E-state index in [0.717, 1.165) is 12.8 Å². The van der Waals surface area contributed by atoms with E-state index in [-0.39, 0.29) is 23.3 Å². The van der Waals surface area contributed by atoms with Gasteiger partial charge in [0.1, 0.15) is 0 Å². The third-order valence-electron chi connectivity index (χ3n) is 4.17. The number of rotatable bonds is 4. The van der Waals surface area contributed by atoms with E-state index in [2.05, 4.69) is 29.6 Å². The molecule has 5 heteroatoms. The molecule has 2 rings (SSSR count). The van der Waals surface area contributed by atoms with Gasteiger partial charge in [-0.3, -0.25) is 9.59 Å². The fourth-order valence-electron chi connectivity index (χ4n) is 2.55. The predicted octanol–water partition coefficient (Wildman–Crippen LogP) is -0.277. The molecular formula is C12H21N3O2. The van der Waals surface area contributed by atoms with E-state index in [0.29, 0.717) is 19.5 Å². The highest BCUT2D eigenvalue weighted by Gasteiger charge is 2.40. The minimum Gasteiger partial charge on any atom is -0.355 e. The molecule has 1 saturated heterocycles. The van der Waals surface area contributed by atoms with E-state index in [1.54, 1.807) is 0 Å². The highest BCUT2D eigenvalue weighted by atomic mass is 16.2. The van der Waals surface area contributed by atoms with Crippen molar-refractivity contribution in [3.05, 3.63) is 0 Å². The smallest absolute Gasteiger partial charge is 0.225 e. The first kappa shape index (κ1) is 12.4. The van der Waals surface area contributed by atoms with Crippen LogP contribution in [0.4, 0.5) is 0 Å². The molecule has 0 spiro atoms. The van der Waals surface area contributed by atoms with Crippen LogP contribution < -0.4 is 10.6 Å². The topological polar surface area (TPSA) is 61.4 Å². The lowest BCUT2D eigenvalue weighted by molar-refractivity contribution is -0.127. The molecule has 0 aromatic rings. The van der Waals surface area contributed by atoms with Crippen LogP contribution in [0.2, 0.25) is 0 Å². The molecule has 1 aliphatic heterocycles. The average molecular weight is 239 g/mol. The minimum absolute atomic E-state index is 0.0106. The number of hydrogen-bond acceptors (Lipinski definition) is 3. The molecular weight excluding hydrogens is 218 g/mol. The van der Waals surface area contributed by atoms with E-state index in [9.17, 15) is 9.59 Å². The molecule has 1 heterocycles. The summed E-state index contributed by atoms with van der Waals surface area (Å²) in [6, 6.07) is 0. The lowest BCUT2D eigenvalue weighted by Crippen LogP contribution is -2.57. The van der Waals surface area contributed by atoms with Gasteiger partial charge in [-0.25, -0.2) is 0 Å². The predicted molar refractivity (Wildman–Crippen MR) is 64.4 cm³/mol. The Morgan fingerprint density at radius 3 is 2.65 bits per heavy atom. The lowest BCUT2D eigenvalue weighted by Gasteiger charge is -2.47. The second-order valence-corrected chi connectivity index (χ2v) is 5.40. The quantitative estimate of drug-likeness (QED) is 0.709. The van der Waals surface area contributed by atoms with Crippen LogP contribution in [0.25, 0.3) is 0 Å². The summed E-state index contributed by atoms with van der Waals surface area (Å²) in [6.07, 6.45) is 3.85. The van der Waals surface area contributed by atoms with Gasteiger partial charge in [0.15, 0.2) is 0 Å². The highest BCUT2D eigenvalue weighted by molar-refractivity contribution is 5.89. The maximum absolute atomic E-state index is 11.9. The molecule has 5 nitrogen and oxygen atoms in total. The highest BCUT2D eigenvalue weighted by Crippen LogP contribution is 2.35. The number of carbonyl (C=O) groups excluding carboxylic acids is 2. The molecule has 1 aliphatic carbocycles. The zero-order chi connectivity index (χ0) is 12.5. The van der Waals surface area contributed by atoms with E-state index >= 15 is 0 Å². The van der Waals surface area contributed by atoms with Crippen LogP contribution in [0.1, 0.15) is 25.7 Å². The van der Waals surface area contributed by atoms with Gasteiger partial charge in [0.25, 0.3) is 0 Å². The number of nitrogens with zero attached hydrogens (tertiary/aromatic N) is 1. The molecule has 2 N–H and O–H groups in total. The van der Waals surface area contributed by atoms with E-state index in [4.69, 9.17) is 0 Å². The molecule has 0 bridgehead atoms. The molecule has 17 heavy (non-hydrogen) atoms. The number of carbonyl (C=O) groups is 2. The van der Waals surface area contributed by atoms with Crippen molar-refractivity contribution in [1.82, 2.24) is 15.5 Å². The molecule has 2 aliphatic rings. The molecule has 0 aromatic heterocycles. The molecule has 96 valence electrons. The summed E-state index contributed by atoms with van der Waals surface area (Å²) in [4.78, 5) is 25.1. The van der Waals surface area contributed by atoms with E-state index in [1.165, 1.54) is 6.42 Å². The number of likely N-dealkylation sites (N-methyl/N-ethyl adjacent to an activating group) is 1. The normalized spacial score (nSPS) is 26.5. The van der Waals surface area contributed by atoms with Crippen LogP contribution in [-0.4, -0.2) is 49.4 Å². The molecule has 1 saturated carbocycles. The first-order chi connectivity index (χ1) is 8.03. The Bertz CT molecular complexity index is 324. The standard InChI is InChI=1S/C12H21N3O2/c1-15(2)12(4-3-5-12)8-14-11(17)9-6-10(16)13-7-9/h9H,3-8H2,1-2H3,(H,13,16)(H,14,17). The first-order valence-corrected chi connectivity index (χ1v) is 6.25. The van der Waals surface area contributed by atoms with Crippen molar-refractivity contribution < 1.29 is 9.59 Å². The third kappa shape index (κ3) is 2.44. The Labute approximate surface area is 102 Å². The van der Waals surface area contributed by atoms with E-state index < -0.39 is 0 Å². The molecule has 0 aromatic carbocycles. The van der Waals surface area contributed by atoms with Gasteiger partial charge in [0.2, 0.25) is 11.8 Å². The minimum atomic E-state index is -0.179. The number of hydrogen-bond donors (Lipinski definition) is 2. The van der Waals surface area contributed by atoms with Gasteiger partial charge in [-0.15, -0.1) is 0 Å². The fourth-order valence-corrected chi connectivity index (χ4v) is 2.55. The summed E-state index contributed by atoms with van der Waals surface area (Å²) in [5.74, 6) is -0.186. The molecule has 2 amide bonds. The van der Waals surface area contributed by atoms with Crippen molar-refractivity contribution in [1.29, 1.82) is 0 Å². The van der Waals surface area contributed by atoms with Crippen LogP contribution in [0, 0.1) is 5.92 Å². The number of amides is 2. The second-order valence-electron chi connectivity index (χ2n) is 5.40. The van der Waals surface area contributed by atoms with Crippen molar-refractivity contribution in [2.45, 2.75) is 31.2 Å². The van der Waals surface area contributed by atoms with Crippen molar-refractivity contribution in [3.63, 3.8) is 0 Å². The monoisotopic (exact) mass is 239 g/mol. The number of nitrogens with one attached hydrogen (secondary N) is 2. The van der Waals surface area contributed by atoms with Crippen LogP contribution in [0.5, 0.6) is 0 Å². The Morgan fingerprint density at radius 1 is 1.53 bits per heavy atom. The van der Waals surface area contributed by atoms with Gasteiger partial charge >= 0.3 is 0 Å². The van der Waals surface area contributed by atoms with Crippen LogP contribution in [0.3, 0.4) is 0 Å². The maximum Gasteiger partial charge on any atom is 0.225 e. The molecule has 0 radical (unpaired) electrons. The summed E-state index contributed by atoms with van der Waals surface area (Å²) in [5.41, 5.74) is 0.145. The van der Waals surface area contributed by atoms with Gasteiger partial charge < -0.3 is 15.5 Å². The van der Waals surface area contributed by atoms with Crippen molar-refractivity contribution in [2.24, 2.45) is 5.92 Å². The Balaban J connectivity index is 1.81. The largest absolute Gasteiger partial charge is 0.355 e. The average Bonchev–Trinajstić information content (AvgIpc) is 2.62. The van der Waals surface area contributed by atoms with Crippen LogP contribution in [-0.2, 0) is 9.59 Å². The van der Waals surface area contributed by atoms with Gasteiger partial charge in [-0.1, -0.05) is 0 Å². The van der Waals surface area contributed by atoms with E-state index in [1.807, 2.05) is 0 Å². The maximum atomic E-state index is 11.9. The van der Waals surface area contributed by atoms with Crippen molar-refractivity contribution >= 4 is 11.8 Å². The summed E-state index contributed by atoms with van der Waals surface area (Å²) in [5, 5.41) is 5.68. The van der Waals surface area contributed by atoms with Gasteiger partial charge in [-0.2, -0.15) is 0 Å². The Kier molecular flexibility index (Phi) is 3.38. The second kappa shape index (κ2) is 4.64. The van der Waals surface area contributed by atoms with Crippen LogP contribution in [0.15, 0.2) is 0 Å². The van der Waals surface area contributed by atoms with Crippen molar-refractivity contribution in [2.75, 3.05) is 27.2 Å². The van der Waals surface area contributed by atoms with Crippen LogP contribution >= 0.6 is 0 Å². The zero-order valence-electron chi connectivity index (χ0n) is 10.6. The summed E-state index contributed by atoms with van der Waals surface area (Å²) < 4.78 is 0. The van der Waals surface area contributed by atoms with Gasteiger partial charge in [0.05, 0.1) is 5.92 Å². The summed E-state index contributed by atoms with van der Waals surface area (Å²) in [7, 11) is 4.12. The van der Waals surface area contributed by atoms with Gasteiger partial charge in [0, 0.05) is 25.0 Å². The zero-order valence-corrected chi connectivity index (χ0v) is 10.6. The molecule has 2 fully saturated rings. The Morgan fingerprint density at radius 2 is 2.24 bits per heavy atom. The fraction of sp³-hybridized carbons (Fsp3) is 0.833. The lowest BCUT2D eigenvalue weighted by atomic mass is 9.75. The SMILES string of the molecule is CN(C)C1(CNC(=O)C2CNC(=O)C2)CCC1. The van der Waals surface area contributed by atoms with Crippen molar-refractivity contribution in [3.8, 4) is 0 Å². The Hall–Kier alpha value is -1.10. The molecule has 1 atom stereocenters. The van der Waals surface area contributed by atoms with Gasteiger partial charge in [-0.05, 0) is 33.4 Å². The summed E-state index contributed by atoms with van der Waals surface area (Å²) >= 11 is 0.